The van der Waals surface area contributed by atoms with Crippen molar-refractivity contribution in [1.29, 1.82) is 5.26 Å². The lowest BCUT2D eigenvalue weighted by Gasteiger charge is -2.22. The van der Waals surface area contributed by atoms with Gasteiger partial charge in [-0.3, -0.25) is 4.90 Å². The van der Waals surface area contributed by atoms with Crippen LogP contribution in [-0.2, 0) is 16.6 Å². The normalized spacial score (nSPS) is 16.6. The minimum Gasteiger partial charge on any atom is -0.298 e. The molecular formula is C20H22FN3O2S. The Morgan fingerprint density at radius 2 is 1.81 bits per heavy atom. The summed E-state index contributed by atoms with van der Waals surface area (Å²) in [5.74, 6) is -0.434. The largest absolute Gasteiger partial charge is 0.298 e. The van der Waals surface area contributed by atoms with E-state index in [1.54, 1.807) is 19.1 Å². The Hall–Kier alpha value is -2.27. The summed E-state index contributed by atoms with van der Waals surface area (Å²) < 4.78 is 40.7. The Labute approximate surface area is 159 Å². The zero-order valence-corrected chi connectivity index (χ0v) is 16.0. The van der Waals surface area contributed by atoms with E-state index in [0.29, 0.717) is 30.8 Å². The van der Waals surface area contributed by atoms with Crippen LogP contribution >= 0.6 is 0 Å². The van der Waals surface area contributed by atoms with Crippen LogP contribution in [0.1, 0.15) is 23.1 Å². The molecule has 0 aromatic heterocycles. The molecule has 0 aliphatic carbocycles. The van der Waals surface area contributed by atoms with Gasteiger partial charge in [0.1, 0.15) is 5.82 Å². The van der Waals surface area contributed by atoms with E-state index in [1.165, 1.54) is 22.5 Å². The average molecular weight is 387 g/mol. The van der Waals surface area contributed by atoms with Crippen molar-refractivity contribution in [3.05, 3.63) is 65.0 Å². The zero-order valence-electron chi connectivity index (χ0n) is 15.2. The highest BCUT2D eigenvalue weighted by Gasteiger charge is 2.28. The molecule has 2 aromatic rings. The predicted molar refractivity (Wildman–Crippen MR) is 101 cm³/mol. The molecule has 1 fully saturated rings. The topological polar surface area (TPSA) is 64.4 Å². The molecule has 5 nitrogen and oxygen atoms in total. The fourth-order valence-corrected chi connectivity index (χ4v) is 5.01. The smallest absolute Gasteiger partial charge is 0.243 e. The van der Waals surface area contributed by atoms with E-state index in [4.69, 9.17) is 5.26 Å². The van der Waals surface area contributed by atoms with Crippen LogP contribution in [0.25, 0.3) is 0 Å². The Morgan fingerprint density at radius 3 is 2.48 bits per heavy atom. The van der Waals surface area contributed by atoms with Crippen molar-refractivity contribution in [3.63, 3.8) is 0 Å². The van der Waals surface area contributed by atoms with Gasteiger partial charge in [0.15, 0.2) is 0 Å². The van der Waals surface area contributed by atoms with Crippen molar-refractivity contribution in [3.8, 4) is 6.07 Å². The summed E-state index contributed by atoms with van der Waals surface area (Å²) >= 11 is 0. The highest BCUT2D eigenvalue weighted by Crippen LogP contribution is 2.22. The Kier molecular flexibility index (Phi) is 5.90. The fourth-order valence-electron chi connectivity index (χ4n) is 3.33. The van der Waals surface area contributed by atoms with Gasteiger partial charge in [0.2, 0.25) is 10.0 Å². The number of sulfonamides is 1. The second-order valence-electron chi connectivity index (χ2n) is 6.75. The molecule has 1 heterocycles. The first-order valence-electron chi connectivity index (χ1n) is 8.88. The molecular weight excluding hydrogens is 365 g/mol. The molecule has 1 saturated heterocycles. The Morgan fingerprint density at radius 1 is 1.07 bits per heavy atom. The SMILES string of the molecule is Cc1cc(F)ccc1S(=O)(=O)N1CCCN(Cc2ccc(C#N)cc2)CC1. The summed E-state index contributed by atoms with van der Waals surface area (Å²) in [6, 6.07) is 13.3. The number of nitriles is 1. The average Bonchev–Trinajstić information content (AvgIpc) is 2.88. The minimum absolute atomic E-state index is 0.171. The summed E-state index contributed by atoms with van der Waals surface area (Å²) in [6.45, 7) is 4.60. The molecule has 0 spiro atoms. The van der Waals surface area contributed by atoms with Gasteiger partial charge in [-0.25, -0.2) is 12.8 Å². The Balaban J connectivity index is 1.69. The van der Waals surface area contributed by atoms with Crippen LogP contribution in [0.5, 0.6) is 0 Å². The van der Waals surface area contributed by atoms with Crippen molar-refractivity contribution in [2.24, 2.45) is 0 Å². The molecule has 3 rings (SSSR count). The number of nitrogens with zero attached hydrogens (tertiary/aromatic N) is 3. The molecule has 142 valence electrons. The maximum atomic E-state index is 13.3. The summed E-state index contributed by atoms with van der Waals surface area (Å²) in [5.41, 5.74) is 2.15. The maximum Gasteiger partial charge on any atom is 0.243 e. The minimum atomic E-state index is -3.63. The van der Waals surface area contributed by atoms with Crippen LogP contribution in [-0.4, -0.2) is 43.8 Å². The monoisotopic (exact) mass is 387 g/mol. The van der Waals surface area contributed by atoms with Gasteiger partial charge in [-0.15, -0.1) is 0 Å². The number of hydrogen-bond acceptors (Lipinski definition) is 4. The van der Waals surface area contributed by atoms with E-state index in [1.807, 2.05) is 12.1 Å². The van der Waals surface area contributed by atoms with Crippen LogP contribution in [0, 0.1) is 24.1 Å². The molecule has 27 heavy (non-hydrogen) atoms. The quantitative estimate of drug-likeness (QED) is 0.809. The highest BCUT2D eigenvalue weighted by molar-refractivity contribution is 7.89. The summed E-state index contributed by atoms with van der Waals surface area (Å²) in [6.07, 6.45) is 0.732. The molecule has 0 N–H and O–H groups in total. The van der Waals surface area contributed by atoms with E-state index >= 15 is 0 Å². The molecule has 7 heteroatoms. The van der Waals surface area contributed by atoms with E-state index in [-0.39, 0.29) is 4.90 Å². The van der Waals surface area contributed by atoms with E-state index in [0.717, 1.165) is 25.1 Å². The van der Waals surface area contributed by atoms with Crippen LogP contribution in [0.15, 0.2) is 47.4 Å². The van der Waals surface area contributed by atoms with Crippen molar-refractivity contribution < 1.29 is 12.8 Å². The first-order chi connectivity index (χ1) is 12.9. The molecule has 0 saturated carbocycles. The van der Waals surface area contributed by atoms with Crippen LogP contribution in [0.2, 0.25) is 0 Å². The number of aryl methyl sites for hydroxylation is 1. The third kappa shape index (κ3) is 4.53. The van der Waals surface area contributed by atoms with Gasteiger partial charge in [-0.1, -0.05) is 12.1 Å². The molecule has 2 aromatic carbocycles. The van der Waals surface area contributed by atoms with Gasteiger partial charge < -0.3 is 0 Å². The fraction of sp³-hybridized carbons (Fsp3) is 0.350. The molecule has 1 aliphatic rings. The summed E-state index contributed by atoms with van der Waals surface area (Å²) in [5, 5.41) is 8.88. The number of hydrogen-bond donors (Lipinski definition) is 0. The van der Waals surface area contributed by atoms with E-state index in [2.05, 4.69) is 11.0 Å². The first kappa shape index (κ1) is 19.5. The van der Waals surface area contributed by atoms with E-state index < -0.39 is 15.8 Å². The van der Waals surface area contributed by atoms with Gasteiger partial charge in [0.05, 0.1) is 16.5 Å². The molecule has 0 unspecified atom stereocenters. The van der Waals surface area contributed by atoms with Crippen molar-refractivity contribution in [2.45, 2.75) is 24.8 Å². The summed E-state index contributed by atoms with van der Waals surface area (Å²) in [4.78, 5) is 2.39. The second kappa shape index (κ2) is 8.17. The lowest BCUT2D eigenvalue weighted by molar-refractivity contribution is 0.278. The van der Waals surface area contributed by atoms with Gasteiger partial charge in [-0.05, 0) is 61.3 Å². The number of benzene rings is 2. The standard InChI is InChI=1S/C20H22FN3O2S/c1-16-13-19(21)7-8-20(16)27(25,26)24-10-2-9-23(11-12-24)15-18-5-3-17(14-22)4-6-18/h3-8,13H,2,9-12,15H2,1H3. The lowest BCUT2D eigenvalue weighted by atomic mass is 10.1. The lowest BCUT2D eigenvalue weighted by Crippen LogP contribution is -2.35. The van der Waals surface area contributed by atoms with Gasteiger partial charge in [0.25, 0.3) is 0 Å². The molecule has 0 radical (unpaired) electrons. The zero-order chi connectivity index (χ0) is 19.4. The third-order valence-electron chi connectivity index (χ3n) is 4.79. The van der Waals surface area contributed by atoms with Gasteiger partial charge in [0, 0.05) is 26.2 Å². The van der Waals surface area contributed by atoms with Crippen LogP contribution in [0.3, 0.4) is 0 Å². The highest BCUT2D eigenvalue weighted by atomic mass is 32.2. The van der Waals surface area contributed by atoms with Crippen molar-refractivity contribution in [2.75, 3.05) is 26.2 Å². The third-order valence-corrected chi connectivity index (χ3v) is 6.85. The summed E-state index contributed by atoms with van der Waals surface area (Å²) in [7, 11) is -3.63. The maximum absolute atomic E-state index is 13.3. The number of rotatable bonds is 4. The Bertz CT molecular complexity index is 952. The molecule has 0 atom stereocenters. The second-order valence-corrected chi connectivity index (χ2v) is 8.66. The van der Waals surface area contributed by atoms with Gasteiger partial charge >= 0.3 is 0 Å². The molecule has 0 bridgehead atoms. The molecule has 1 aliphatic heterocycles. The van der Waals surface area contributed by atoms with Crippen LogP contribution in [0.4, 0.5) is 4.39 Å². The molecule has 0 amide bonds. The van der Waals surface area contributed by atoms with Gasteiger partial charge in [-0.2, -0.15) is 9.57 Å². The first-order valence-corrected chi connectivity index (χ1v) is 10.3. The van der Waals surface area contributed by atoms with Crippen molar-refractivity contribution in [1.82, 2.24) is 9.21 Å². The van der Waals surface area contributed by atoms with Crippen molar-refractivity contribution >= 4 is 10.0 Å². The van der Waals surface area contributed by atoms with E-state index in [9.17, 15) is 12.8 Å². The predicted octanol–water partition coefficient (Wildman–Crippen LogP) is 2.90. The van der Waals surface area contributed by atoms with Crippen LogP contribution < -0.4 is 0 Å². The number of halogens is 1.